The third-order valence-corrected chi connectivity index (χ3v) is 7.85. The topological polar surface area (TPSA) is 83.5 Å². The van der Waals surface area contributed by atoms with Crippen LogP contribution in [0.3, 0.4) is 0 Å². The van der Waals surface area contributed by atoms with Crippen molar-refractivity contribution in [2.24, 2.45) is 0 Å². The summed E-state index contributed by atoms with van der Waals surface area (Å²) in [6, 6.07) is 4.12. The summed E-state index contributed by atoms with van der Waals surface area (Å²) in [7, 11) is 0. The number of ether oxygens (including phenoxy) is 5. The van der Waals surface area contributed by atoms with E-state index in [0.717, 1.165) is 56.6 Å². The Balaban J connectivity index is 0.000000858. The van der Waals surface area contributed by atoms with Crippen molar-refractivity contribution >= 4 is 5.97 Å². The van der Waals surface area contributed by atoms with Crippen LogP contribution < -0.4 is 9.47 Å². The van der Waals surface area contributed by atoms with E-state index in [-0.39, 0.29) is 26.2 Å². The quantitative estimate of drug-likeness (QED) is 0.0828. The molecule has 8 heteroatoms. The summed E-state index contributed by atoms with van der Waals surface area (Å²) in [4.78, 5) is 10.3. The third-order valence-electron chi connectivity index (χ3n) is 7.85. The fourth-order valence-corrected chi connectivity index (χ4v) is 5.18. The van der Waals surface area contributed by atoms with Gasteiger partial charge in [-0.3, -0.25) is 4.79 Å². The second-order valence-electron chi connectivity index (χ2n) is 11.9. The van der Waals surface area contributed by atoms with E-state index < -0.39 is 5.97 Å². The third kappa shape index (κ3) is 25.8. The smallest absolute Gasteiger partial charge is 0.303 e. The van der Waals surface area contributed by atoms with Gasteiger partial charge in [0.15, 0.2) is 11.5 Å². The summed E-state index contributed by atoms with van der Waals surface area (Å²) < 4.78 is 27.6. The molecule has 0 radical (unpaired) electrons. The Morgan fingerprint density at radius 3 is 1.53 bits per heavy atom. The maximum Gasteiger partial charge on any atom is 0.303 e. The number of aliphatic carboxylic acids is 1. The van der Waals surface area contributed by atoms with Gasteiger partial charge in [-0.05, 0) is 42.5 Å². The fourth-order valence-electron chi connectivity index (χ4n) is 5.18. The Bertz CT molecular complexity index is 805. The molecule has 7 nitrogen and oxygen atoms in total. The Morgan fingerprint density at radius 2 is 1.04 bits per heavy atom. The van der Waals surface area contributed by atoms with Gasteiger partial charge in [0.25, 0.3) is 0 Å². The molecule has 260 valence electrons. The molecule has 0 aromatic heterocycles. The first-order chi connectivity index (χ1) is 21.6. The average molecular weight is 714 g/mol. The number of carboxylic acids is 1. The van der Waals surface area contributed by atoms with Crippen molar-refractivity contribution in [3.8, 4) is 11.5 Å². The van der Waals surface area contributed by atoms with Gasteiger partial charge in [0.2, 0.25) is 6.79 Å². The van der Waals surface area contributed by atoms with Crippen LogP contribution in [-0.2, 0) is 58.2 Å². The normalized spacial score (nSPS) is 11.6. The van der Waals surface area contributed by atoms with Crippen LogP contribution in [-0.4, -0.2) is 50.9 Å². The van der Waals surface area contributed by atoms with Gasteiger partial charge >= 0.3 is 5.97 Å². The molecule has 0 unspecified atom stereocenters. The van der Waals surface area contributed by atoms with E-state index in [4.69, 9.17) is 28.8 Å². The van der Waals surface area contributed by atoms with Gasteiger partial charge in [-0.2, -0.15) is 0 Å². The van der Waals surface area contributed by atoms with Crippen molar-refractivity contribution in [1.82, 2.24) is 0 Å². The molecular formula is C37H66O7Zr. The molecule has 0 spiro atoms. The molecule has 0 aliphatic carbocycles. The number of rotatable bonds is 29. The molecular weight excluding hydrogens is 648 g/mol. The summed E-state index contributed by atoms with van der Waals surface area (Å²) in [5, 5.41) is 8.52. The van der Waals surface area contributed by atoms with Crippen molar-refractivity contribution in [1.29, 1.82) is 0 Å². The van der Waals surface area contributed by atoms with E-state index in [9.17, 15) is 4.79 Å². The van der Waals surface area contributed by atoms with Crippen LogP contribution in [0, 0.1) is 0 Å². The number of hydrogen-bond donors (Lipinski definition) is 1. The Labute approximate surface area is 295 Å². The monoisotopic (exact) mass is 712 g/mol. The maximum absolute atomic E-state index is 10.3. The van der Waals surface area contributed by atoms with Crippen molar-refractivity contribution in [2.45, 2.75) is 156 Å². The predicted octanol–water partition coefficient (Wildman–Crippen LogP) is 10.0. The molecule has 0 amide bonds. The first-order valence-electron chi connectivity index (χ1n) is 18.0. The van der Waals surface area contributed by atoms with E-state index in [2.05, 4.69) is 26.8 Å². The van der Waals surface area contributed by atoms with E-state index in [1.54, 1.807) is 0 Å². The van der Waals surface area contributed by atoms with Gasteiger partial charge in [-0.15, -0.1) is 0 Å². The van der Waals surface area contributed by atoms with Gasteiger partial charge in [0.1, 0.15) is 0 Å². The Kier molecular flexibility index (Phi) is 32.3. The molecule has 45 heavy (non-hydrogen) atoms. The number of hydrogen-bond acceptors (Lipinski definition) is 6. The summed E-state index contributed by atoms with van der Waals surface area (Å²) in [5.41, 5.74) is 2.44. The predicted molar refractivity (Wildman–Crippen MR) is 180 cm³/mol. The first kappa shape index (κ1) is 44.1. The van der Waals surface area contributed by atoms with Crippen LogP contribution in [0.5, 0.6) is 11.5 Å². The second kappa shape index (κ2) is 33.0. The molecule has 1 heterocycles. The minimum atomic E-state index is -0.653. The summed E-state index contributed by atoms with van der Waals surface area (Å²) in [6.45, 7) is 10.7. The zero-order valence-electron chi connectivity index (χ0n) is 29.1. The molecule has 0 atom stereocenters. The van der Waals surface area contributed by atoms with E-state index in [0.29, 0.717) is 46.2 Å². The van der Waals surface area contributed by atoms with Crippen LogP contribution in [0.2, 0.25) is 0 Å². The van der Waals surface area contributed by atoms with E-state index in [1.807, 2.05) is 6.07 Å². The number of aryl methyl sites for hydroxylation is 1. The molecule has 1 aromatic carbocycles. The number of unbranched alkanes of at least 4 members (excludes halogenated alkanes) is 15. The number of carboxylic acid groups (broad SMARTS) is 1. The van der Waals surface area contributed by atoms with Crippen molar-refractivity contribution in [2.75, 3.05) is 39.8 Å². The van der Waals surface area contributed by atoms with Gasteiger partial charge in [-0.1, -0.05) is 124 Å². The summed E-state index contributed by atoms with van der Waals surface area (Å²) >= 11 is 0. The van der Waals surface area contributed by atoms with Crippen LogP contribution in [0.15, 0.2) is 12.1 Å². The zero-order valence-corrected chi connectivity index (χ0v) is 31.6. The van der Waals surface area contributed by atoms with Crippen LogP contribution in [0.4, 0.5) is 0 Å². The molecule has 0 saturated heterocycles. The average Bonchev–Trinajstić information content (AvgIpc) is 3.47. The molecule has 0 saturated carbocycles. The maximum atomic E-state index is 10.3. The molecule has 1 aliphatic rings. The van der Waals surface area contributed by atoms with Crippen molar-refractivity contribution < 1.29 is 59.8 Å². The van der Waals surface area contributed by atoms with Gasteiger partial charge in [0.05, 0.1) is 33.0 Å². The van der Waals surface area contributed by atoms with Gasteiger partial charge < -0.3 is 28.8 Å². The van der Waals surface area contributed by atoms with E-state index >= 15 is 0 Å². The largest absolute Gasteiger partial charge is 0.481 e. The van der Waals surface area contributed by atoms with Gasteiger partial charge in [-0.25, -0.2) is 0 Å². The number of benzene rings is 1. The van der Waals surface area contributed by atoms with Crippen molar-refractivity contribution in [3.05, 3.63) is 23.3 Å². The van der Waals surface area contributed by atoms with Crippen LogP contribution >= 0.6 is 0 Å². The first-order valence-corrected chi connectivity index (χ1v) is 18.0. The van der Waals surface area contributed by atoms with Crippen LogP contribution in [0.25, 0.3) is 0 Å². The molecule has 1 aromatic rings. The molecule has 1 N–H and O–H groups in total. The SMILES string of the molecule is CCCCCCCCCCCCCCCCCC(=O)O.CCCCOCCOCCOCc1cc2c(cc1CCC)OCO2.[Zr]. The second-order valence-corrected chi connectivity index (χ2v) is 11.9. The Hall–Kier alpha value is -0.947. The molecule has 2 rings (SSSR count). The minimum Gasteiger partial charge on any atom is -0.481 e. The van der Waals surface area contributed by atoms with Crippen molar-refractivity contribution in [3.63, 3.8) is 0 Å². The standard InChI is InChI=1S/C19H30O5.C18H36O2.Zr/c1-3-5-7-20-8-9-21-10-11-22-14-17-13-19-18(23-15-24-19)12-16(17)6-4-2;1-2-3-4-5-6-7-8-9-10-11-12-13-14-15-16-17-18(19)20;/h12-13H,3-11,14-15H2,1-2H3;2-17H2,1H3,(H,19,20);. The molecule has 1 aliphatic heterocycles. The Morgan fingerprint density at radius 1 is 0.600 bits per heavy atom. The molecule has 0 fully saturated rings. The minimum absolute atomic E-state index is 0. The van der Waals surface area contributed by atoms with Crippen LogP contribution in [0.1, 0.15) is 154 Å². The zero-order chi connectivity index (χ0) is 31.9. The van der Waals surface area contributed by atoms with Gasteiger partial charge in [0, 0.05) is 39.2 Å². The van der Waals surface area contributed by atoms with E-state index in [1.165, 1.54) is 94.6 Å². The number of carbonyl (C=O) groups is 1. The fraction of sp³-hybridized carbons (Fsp3) is 0.811. The number of fused-ring (bicyclic) bond motifs is 1. The summed E-state index contributed by atoms with van der Waals surface area (Å²) in [5.74, 6) is 1.00. The summed E-state index contributed by atoms with van der Waals surface area (Å²) in [6.07, 6.45) is 24.6. The molecule has 0 bridgehead atoms.